The monoisotopic (exact) mass is 452 g/mol. The average Bonchev–Trinajstić information content (AvgIpc) is 3.35. The van der Waals surface area contributed by atoms with Gasteiger partial charge in [-0.15, -0.1) is 16.4 Å². The first-order valence-corrected chi connectivity index (χ1v) is 11.9. The van der Waals surface area contributed by atoms with E-state index in [0.717, 1.165) is 70.7 Å². The number of ether oxygens (including phenoxy) is 1. The van der Waals surface area contributed by atoms with E-state index in [1.807, 2.05) is 17.0 Å². The number of methoxy groups -OCH3 is 1. The number of rotatable bonds is 4. The second-order valence-corrected chi connectivity index (χ2v) is 9.81. The predicted molar refractivity (Wildman–Crippen MR) is 121 cm³/mol. The fraction of sp³-hybridized carbons (Fsp3) is 0.381. The summed E-state index contributed by atoms with van der Waals surface area (Å²) in [5.74, 6) is 1.86. The van der Waals surface area contributed by atoms with Crippen LogP contribution in [-0.4, -0.2) is 50.6 Å². The molecule has 8 nitrogen and oxygen atoms in total. The lowest BCUT2D eigenvalue weighted by Crippen LogP contribution is -2.46. The van der Waals surface area contributed by atoms with Crippen LogP contribution >= 0.6 is 22.9 Å². The van der Waals surface area contributed by atoms with Crippen LogP contribution in [0.1, 0.15) is 23.3 Å². The molecule has 1 saturated heterocycles. The van der Waals surface area contributed by atoms with Crippen LogP contribution in [0.4, 0.5) is 11.5 Å². The number of hydrogen-bond acceptors (Lipinski definition) is 9. The van der Waals surface area contributed by atoms with Gasteiger partial charge in [-0.05, 0) is 48.8 Å². The van der Waals surface area contributed by atoms with Gasteiger partial charge in [-0.3, -0.25) is 4.79 Å². The third kappa shape index (κ3) is 3.12. The lowest BCUT2D eigenvalue weighted by molar-refractivity contribution is -0.139. The summed E-state index contributed by atoms with van der Waals surface area (Å²) in [6, 6.07) is 3.88. The van der Waals surface area contributed by atoms with Crippen molar-refractivity contribution >= 4 is 60.7 Å². The smallest absolute Gasteiger partial charge is 0.226 e. The molecule has 158 valence electrons. The van der Waals surface area contributed by atoms with Crippen molar-refractivity contribution < 1.29 is 9.53 Å². The van der Waals surface area contributed by atoms with Crippen LogP contribution in [0, 0.1) is 5.92 Å². The molecule has 1 aliphatic carbocycles. The molecule has 10 heteroatoms. The second kappa shape index (κ2) is 7.38. The van der Waals surface area contributed by atoms with Crippen molar-refractivity contribution in [2.24, 2.45) is 5.92 Å². The molecule has 1 atom stereocenters. The highest BCUT2D eigenvalue weighted by molar-refractivity contribution is 7.19. The van der Waals surface area contributed by atoms with Gasteiger partial charge < -0.3 is 15.0 Å². The second-order valence-electron chi connectivity index (χ2n) is 7.94. The number of amides is 1. The molecule has 6 rings (SSSR count). The lowest BCUT2D eigenvalue weighted by Gasteiger charge is -2.35. The van der Waals surface area contributed by atoms with E-state index < -0.39 is 0 Å². The molecule has 1 aromatic carbocycles. The summed E-state index contributed by atoms with van der Waals surface area (Å²) in [6.45, 7) is 1.82. The minimum Gasteiger partial charge on any atom is -0.494 e. The Morgan fingerprint density at radius 3 is 3.00 bits per heavy atom. The number of thiophene rings is 1. The Hall–Kier alpha value is -2.85. The van der Waals surface area contributed by atoms with Crippen molar-refractivity contribution in [3.63, 3.8) is 0 Å². The number of nitrogens with one attached hydrogen (secondary N) is 1. The van der Waals surface area contributed by atoms with Gasteiger partial charge in [0.05, 0.1) is 22.9 Å². The standard InChI is InChI=1S/C21H20N6O2S2/c1-29-15-8-14-17(31-26-25-14)9-13(15)24-19-18-12-4-3-11(21(28)27-5-2-6-27)7-16(12)30-20(18)23-10-22-19/h8-11H,2-7H2,1H3,(H,22,23,24). The first kappa shape index (κ1) is 18.9. The minimum absolute atomic E-state index is 0.0894. The average molecular weight is 453 g/mol. The van der Waals surface area contributed by atoms with Gasteiger partial charge in [0, 0.05) is 30.0 Å². The molecular formula is C21H20N6O2S2. The van der Waals surface area contributed by atoms with Crippen molar-refractivity contribution in [2.75, 3.05) is 25.5 Å². The van der Waals surface area contributed by atoms with Crippen molar-refractivity contribution in [3.05, 3.63) is 28.9 Å². The SMILES string of the molecule is COc1cc2nnsc2cc1Nc1ncnc2sc3c(c12)CCC(C(=O)N1CCC1)C3. The molecule has 0 bridgehead atoms. The van der Waals surface area contributed by atoms with Crippen LogP contribution < -0.4 is 10.1 Å². The first-order chi connectivity index (χ1) is 15.2. The molecular weight excluding hydrogens is 432 g/mol. The highest BCUT2D eigenvalue weighted by Crippen LogP contribution is 2.42. The van der Waals surface area contributed by atoms with E-state index in [2.05, 4.69) is 24.9 Å². The summed E-state index contributed by atoms with van der Waals surface area (Å²) < 4.78 is 10.6. The number of anilines is 2. The Bertz CT molecular complexity index is 1310. The number of carbonyl (C=O) groups is 1. The summed E-state index contributed by atoms with van der Waals surface area (Å²) in [5, 5.41) is 8.64. The molecule has 0 spiro atoms. The number of fused-ring (bicyclic) bond motifs is 4. The van der Waals surface area contributed by atoms with Crippen LogP contribution in [0.15, 0.2) is 18.5 Å². The van der Waals surface area contributed by atoms with Crippen molar-refractivity contribution in [2.45, 2.75) is 25.7 Å². The molecule has 1 aliphatic heterocycles. The van der Waals surface area contributed by atoms with Gasteiger partial charge in [0.2, 0.25) is 5.91 Å². The molecule has 1 fully saturated rings. The summed E-state index contributed by atoms with van der Waals surface area (Å²) in [6.07, 6.45) is 5.27. The zero-order chi connectivity index (χ0) is 20.9. The maximum Gasteiger partial charge on any atom is 0.226 e. The maximum absolute atomic E-state index is 12.7. The van der Waals surface area contributed by atoms with E-state index in [1.165, 1.54) is 22.0 Å². The predicted octanol–water partition coefficient (Wildman–Crippen LogP) is 3.79. The van der Waals surface area contributed by atoms with Gasteiger partial charge in [0.1, 0.15) is 28.2 Å². The van der Waals surface area contributed by atoms with Crippen LogP contribution in [0.5, 0.6) is 5.75 Å². The van der Waals surface area contributed by atoms with Crippen molar-refractivity contribution in [3.8, 4) is 5.75 Å². The Morgan fingerprint density at radius 2 is 2.19 bits per heavy atom. The Labute approximate surface area is 186 Å². The molecule has 31 heavy (non-hydrogen) atoms. The normalized spacial score (nSPS) is 18.1. The third-order valence-electron chi connectivity index (χ3n) is 6.18. The van der Waals surface area contributed by atoms with E-state index in [1.54, 1.807) is 24.8 Å². The molecule has 0 saturated carbocycles. The zero-order valence-corrected chi connectivity index (χ0v) is 18.6. The quantitative estimate of drug-likeness (QED) is 0.504. The molecule has 1 N–H and O–H groups in total. The highest BCUT2D eigenvalue weighted by atomic mass is 32.1. The fourth-order valence-corrected chi connectivity index (χ4v) is 6.26. The largest absolute Gasteiger partial charge is 0.494 e. The number of likely N-dealkylation sites (tertiary alicyclic amines) is 1. The number of aryl methyl sites for hydroxylation is 1. The molecule has 3 aromatic heterocycles. The van der Waals surface area contributed by atoms with E-state index in [0.29, 0.717) is 11.7 Å². The molecule has 4 aromatic rings. The van der Waals surface area contributed by atoms with E-state index in [9.17, 15) is 4.79 Å². The summed E-state index contributed by atoms with van der Waals surface area (Å²) in [5.41, 5.74) is 2.91. The van der Waals surface area contributed by atoms with E-state index in [4.69, 9.17) is 4.74 Å². The van der Waals surface area contributed by atoms with Gasteiger partial charge >= 0.3 is 0 Å². The molecule has 0 radical (unpaired) electrons. The minimum atomic E-state index is 0.0894. The molecule has 2 aliphatic rings. The Kier molecular flexibility index (Phi) is 4.50. The number of benzene rings is 1. The summed E-state index contributed by atoms with van der Waals surface area (Å²) in [4.78, 5) is 26.0. The highest BCUT2D eigenvalue weighted by Gasteiger charge is 2.33. The van der Waals surface area contributed by atoms with Crippen LogP contribution in [-0.2, 0) is 17.6 Å². The Morgan fingerprint density at radius 1 is 1.29 bits per heavy atom. The number of carbonyl (C=O) groups excluding carboxylic acids is 1. The Balaban J connectivity index is 1.37. The summed E-state index contributed by atoms with van der Waals surface area (Å²) >= 11 is 3.03. The van der Waals surface area contributed by atoms with Crippen LogP contribution in [0.2, 0.25) is 0 Å². The molecule has 4 heterocycles. The number of aromatic nitrogens is 4. The van der Waals surface area contributed by atoms with Gasteiger partial charge in [-0.1, -0.05) is 4.49 Å². The summed E-state index contributed by atoms with van der Waals surface area (Å²) in [7, 11) is 1.64. The van der Waals surface area contributed by atoms with E-state index in [-0.39, 0.29) is 5.92 Å². The topological polar surface area (TPSA) is 93.1 Å². The maximum atomic E-state index is 12.7. The molecule has 1 amide bonds. The van der Waals surface area contributed by atoms with E-state index >= 15 is 0 Å². The van der Waals surface area contributed by atoms with Gasteiger partial charge in [0.25, 0.3) is 0 Å². The van der Waals surface area contributed by atoms with Crippen LogP contribution in [0.3, 0.4) is 0 Å². The van der Waals surface area contributed by atoms with Gasteiger partial charge in [-0.25, -0.2) is 9.97 Å². The van der Waals surface area contributed by atoms with Crippen LogP contribution in [0.25, 0.3) is 20.4 Å². The molecule has 1 unspecified atom stereocenters. The number of nitrogens with zero attached hydrogens (tertiary/aromatic N) is 5. The van der Waals surface area contributed by atoms with Gasteiger partial charge in [0.15, 0.2) is 0 Å². The third-order valence-corrected chi connectivity index (χ3v) is 8.03. The first-order valence-electron chi connectivity index (χ1n) is 10.3. The van der Waals surface area contributed by atoms with Crippen molar-refractivity contribution in [1.29, 1.82) is 0 Å². The lowest BCUT2D eigenvalue weighted by atomic mass is 9.86. The number of hydrogen-bond donors (Lipinski definition) is 1. The fourth-order valence-electron chi connectivity index (χ4n) is 4.41. The zero-order valence-electron chi connectivity index (χ0n) is 16.9. The van der Waals surface area contributed by atoms with Gasteiger partial charge in [-0.2, -0.15) is 0 Å². The van der Waals surface area contributed by atoms with Crippen molar-refractivity contribution in [1.82, 2.24) is 24.5 Å².